The van der Waals surface area contributed by atoms with Gasteiger partial charge in [-0.2, -0.15) is 0 Å². The normalized spacial score (nSPS) is 16.9. The summed E-state index contributed by atoms with van der Waals surface area (Å²) in [7, 11) is 0. The molecule has 3 aromatic rings. The summed E-state index contributed by atoms with van der Waals surface area (Å²) in [5, 5.41) is 1.17. The molecule has 0 saturated carbocycles. The number of likely N-dealkylation sites (tertiary alicyclic amines) is 1. The molecule has 3 heterocycles. The van der Waals surface area contributed by atoms with Crippen molar-refractivity contribution in [3.63, 3.8) is 0 Å². The van der Waals surface area contributed by atoms with Crippen molar-refractivity contribution < 1.29 is 0 Å². The van der Waals surface area contributed by atoms with Crippen LogP contribution in [0, 0.1) is 0 Å². The zero-order valence-corrected chi connectivity index (χ0v) is 13.2. The van der Waals surface area contributed by atoms with Gasteiger partial charge >= 0.3 is 0 Å². The van der Waals surface area contributed by atoms with E-state index in [1.807, 2.05) is 12.3 Å². The SMILES string of the molecule is Nc1cn(C2CCN(Cc3ccccn3)CC2)c2ccccc12. The van der Waals surface area contributed by atoms with E-state index in [9.17, 15) is 0 Å². The lowest BCUT2D eigenvalue weighted by molar-refractivity contribution is 0.180. The molecule has 1 fully saturated rings. The summed E-state index contributed by atoms with van der Waals surface area (Å²) in [6.07, 6.45) is 6.30. The van der Waals surface area contributed by atoms with Gasteiger partial charge in [0, 0.05) is 43.5 Å². The number of rotatable bonds is 3. The Labute approximate surface area is 136 Å². The molecule has 1 aliphatic heterocycles. The number of anilines is 1. The Morgan fingerprint density at radius 3 is 2.61 bits per heavy atom. The van der Waals surface area contributed by atoms with Crippen molar-refractivity contribution in [1.29, 1.82) is 0 Å². The minimum Gasteiger partial charge on any atom is -0.397 e. The molecule has 0 atom stereocenters. The highest BCUT2D eigenvalue weighted by Gasteiger charge is 2.22. The van der Waals surface area contributed by atoms with Crippen LogP contribution in [0.15, 0.2) is 54.9 Å². The molecule has 0 amide bonds. The predicted octanol–water partition coefficient (Wildman–Crippen LogP) is 3.46. The van der Waals surface area contributed by atoms with Gasteiger partial charge in [0.05, 0.1) is 16.9 Å². The van der Waals surface area contributed by atoms with Crippen LogP contribution in [0.2, 0.25) is 0 Å². The maximum absolute atomic E-state index is 6.17. The van der Waals surface area contributed by atoms with E-state index in [4.69, 9.17) is 5.73 Å². The van der Waals surface area contributed by atoms with Crippen LogP contribution in [-0.4, -0.2) is 27.5 Å². The average molecular weight is 306 g/mol. The van der Waals surface area contributed by atoms with Crippen molar-refractivity contribution in [2.75, 3.05) is 18.8 Å². The lowest BCUT2D eigenvalue weighted by Gasteiger charge is -2.32. The highest BCUT2D eigenvalue weighted by Crippen LogP contribution is 2.31. The zero-order chi connectivity index (χ0) is 15.6. The fourth-order valence-corrected chi connectivity index (χ4v) is 3.61. The minimum atomic E-state index is 0.539. The first-order valence-corrected chi connectivity index (χ1v) is 8.28. The van der Waals surface area contributed by atoms with E-state index in [2.05, 4.69) is 57.0 Å². The standard InChI is InChI=1S/C19H22N4/c20-18-14-23(19-7-2-1-6-17(18)19)16-8-11-22(12-9-16)13-15-5-3-4-10-21-15/h1-7,10,14,16H,8-9,11-13,20H2. The average Bonchev–Trinajstić information content (AvgIpc) is 2.94. The zero-order valence-electron chi connectivity index (χ0n) is 13.2. The number of hydrogen-bond acceptors (Lipinski definition) is 3. The fourth-order valence-electron chi connectivity index (χ4n) is 3.61. The van der Waals surface area contributed by atoms with E-state index in [0.29, 0.717) is 6.04 Å². The number of nitrogens with zero attached hydrogens (tertiary/aromatic N) is 3. The molecule has 1 aromatic carbocycles. The van der Waals surface area contributed by atoms with Crippen molar-refractivity contribution in [2.24, 2.45) is 0 Å². The highest BCUT2D eigenvalue weighted by atomic mass is 15.2. The van der Waals surface area contributed by atoms with Crippen molar-refractivity contribution in [1.82, 2.24) is 14.5 Å². The molecule has 4 heteroatoms. The Morgan fingerprint density at radius 1 is 1.04 bits per heavy atom. The van der Waals surface area contributed by atoms with Crippen LogP contribution in [0.5, 0.6) is 0 Å². The maximum atomic E-state index is 6.17. The van der Waals surface area contributed by atoms with Crippen molar-refractivity contribution >= 4 is 16.6 Å². The van der Waals surface area contributed by atoms with Gasteiger partial charge in [0.25, 0.3) is 0 Å². The van der Waals surface area contributed by atoms with Gasteiger partial charge in [-0.25, -0.2) is 0 Å². The van der Waals surface area contributed by atoms with Gasteiger partial charge in [0.2, 0.25) is 0 Å². The fraction of sp³-hybridized carbons (Fsp3) is 0.316. The molecule has 0 aliphatic carbocycles. The van der Waals surface area contributed by atoms with Crippen LogP contribution in [0.4, 0.5) is 5.69 Å². The largest absolute Gasteiger partial charge is 0.397 e. The Morgan fingerprint density at radius 2 is 1.83 bits per heavy atom. The topological polar surface area (TPSA) is 47.1 Å². The summed E-state index contributed by atoms with van der Waals surface area (Å²) in [6, 6.07) is 15.1. The van der Waals surface area contributed by atoms with Gasteiger partial charge < -0.3 is 10.3 Å². The first-order valence-electron chi connectivity index (χ1n) is 8.28. The Bertz CT molecular complexity index is 785. The summed E-state index contributed by atoms with van der Waals surface area (Å²) in [5.74, 6) is 0. The van der Waals surface area contributed by atoms with Gasteiger partial charge in [-0.1, -0.05) is 24.3 Å². The molecule has 1 saturated heterocycles. The number of nitrogens with two attached hydrogens (primary N) is 1. The second-order valence-electron chi connectivity index (χ2n) is 6.34. The molecule has 2 aromatic heterocycles. The monoisotopic (exact) mass is 306 g/mol. The highest BCUT2D eigenvalue weighted by molar-refractivity contribution is 5.91. The summed E-state index contributed by atoms with van der Waals surface area (Å²) >= 11 is 0. The van der Waals surface area contributed by atoms with Gasteiger partial charge in [-0.05, 0) is 31.0 Å². The van der Waals surface area contributed by atoms with E-state index in [1.54, 1.807) is 0 Å². The number of hydrogen-bond donors (Lipinski definition) is 1. The second-order valence-corrected chi connectivity index (χ2v) is 6.34. The number of piperidine rings is 1. The van der Waals surface area contributed by atoms with Crippen LogP contribution < -0.4 is 5.73 Å². The third-order valence-corrected chi connectivity index (χ3v) is 4.83. The molecule has 1 aliphatic rings. The van der Waals surface area contributed by atoms with E-state index >= 15 is 0 Å². The summed E-state index contributed by atoms with van der Waals surface area (Å²) < 4.78 is 2.38. The summed E-state index contributed by atoms with van der Waals surface area (Å²) in [4.78, 5) is 6.92. The first kappa shape index (κ1) is 14.3. The van der Waals surface area contributed by atoms with Gasteiger partial charge in [-0.15, -0.1) is 0 Å². The molecule has 4 nitrogen and oxygen atoms in total. The van der Waals surface area contributed by atoms with E-state index < -0.39 is 0 Å². The van der Waals surface area contributed by atoms with Crippen LogP contribution in [0.1, 0.15) is 24.6 Å². The minimum absolute atomic E-state index is 0.539. The number of fused-ring (bicyclic) bond motifs is 1. The van der Waals surface area contributed by atoms with Gasteiger partial charge in [-0.3, -0.25) is 9.88 Å². The molecule has 0 spiro atoms. The van der Waals surface area contributed by atoms with Gasteiger partial charge in [0.1, 0.15) is 0 Å². The Hall–Kier alpha value is -2.33. The number of aromatic nitrogens is 2. The molecule has 23 heavy (non-hydrogen) atoms. The molecule has 2 N–H and O–H groups in total. The lowest BCUT2D eigenvalue weighted by Crippen LogP contribution is -2.34. The van der Waals surface area contributed by atoms with Crippen LogP contribution in [-0.2, 0) is 6.54 Å². The summed E-state index contributed by atoms with van der Waals surface area (Å²) in [5.41, 5.74) is 9.47. The van der Waals surface area contributed by atoms with E-state index in [-0.39, 0.29) is 0 Å². The van der Waals surface area contributed by atoms with Crippen molar-refractivity contribution in [3.8, 4) is 0 Å². The molecular weight excluding hydrogens is 284 g/mol. The Balaban J connectivity index is 1.47. The number of benzene rings is 1. The van der Waals surface area contributed by atoms with Crippen LogP contribution in [0.3, 0.4) is 0 Å². The number of para-hydroxylation sites is 1. The van der Waals surface area contributed by atoms with Crippen molar-refractivity contribution in [2.45, 2.75) is 25.4 Å². The smallest absolute Gasteiger partial charge is 0.0574 e. The molecule has 4 rings (SSSR count). The van der Waals surface area contributed by atoms with Crippen molar-refractivity contribution in [3.05, 3.63) is 60.6 Å². The van der Waals surface area contributed by atoms with Crippen LogP contribution in [0.25, 0.3) is 10.9 Å². The first-order chi connectivity index (χ1) is 11.3. The lowest BCUT2D eigenvalue weighted by atomic mass is 10.0. The molecule has 0 radical (unpaired) electrons. The molecule has 118 valence electrons. The second kappa shape index (κ2) is 6.05. The molecular formula is C19H22N4. The van der Waals surface area contributed by atoms with E-state index in [1.165, 1.54) is 10.9 Å². The Kier molecular flexibility index (Phi) is 3.75. The number of nitrogen functional groups attached to an aromatic ring is 1. The quantitative estimate of drug-likeness (QED) is 0.806. The number of pyridine rings is 1. The van der Waals surface area contributed by atoms with E-state index in [0.717, 1.165) is 43.9 Å². The molecule has 0 bridgehead atoms. The van der Waals surface area contributed by atoms with Gasteiger partial charge in [0.15, 0.2) is 0 Å². The maximum Gasteiger partial charge on any atom is 0.0574 e. The third-order valence-electron chi connectivity index (χ3n) is 4.83. The third kappa shape index (κ3) is 2.82. The van der Waals surface area contributed by atoms with Crippen LogP contribution >= 0.6 is 0 Å². The predicted molar refractivity (Wildman–Crippen MR) is 94.1 cm³/mol. The summed E-state index contributed by atoms with van der Waals surface area (Å²) in [6.45, 7) is 3.16. The molecule has 0 unspecified atom stereocenters.